The minimum absolute atomic E-state index is 0.0142. The van der Waals surface area contributed by atoms with Gasteiger partial charge in [-0.25, -0.2) is 14.4 Å². The van der Waals surface area contributed by atoms with E-state index in [2.05, 4.69) is 37.2 Å². The number of ether oxygens (including phenoxy) is 4. The number of ketones is 2. The van der Waals surface area contributed by atoms with Crippen molar-refractivity contribution < 1.29 is 81.6 Å². The number of amides is 7. The second kappa shape index (κ2) is 40.4. The summed E-state index contributed by atoms with van der Waals surface area (Å²) in [6.45, 7) is 20.5. The summed E-state index contributed by atoms with van der Waals surface area (Å²) in [5.74, 6) is -10.7. The van der Waals surface area contributed by atoms with Gasteiger partial charge >= 0.3 is 36.0 Å². The average molecular weight is 1470 g/mol. The summed E-state index contributed by atoms with van der Waals surface area (Å²) in [6, 6.07) is 38.9. The summed E-state index contributed by atoms with van der Waals surface area (Å²) in [5.41, 5.74) is 0.0212. The van der Waals surface area contributed by atoms with Gasteiger partial charge in [-0.15, -0.1) is 11.8 Å². The van der Waals surface area contributed by atoms with Crippen LogP contribution in [0.25, 0.3) is 0 Å². The highest BCUT2D eigenvalue weighted by molar-refractivity contribution is 8.00. The molecule has 0 aromatic heterocycles. The molecule has 24 nitrogen and oxygen atoms in total. The van der Waals surface area contributed by atoms with Crippen molar-refractivity contribution in [1.82, 2.24) is 37.2 Å². The number of carbonyl (C=O) groups excluding carboxylic acids is 11. The van der Waals surface area contributed by atoms with Gasteiger partial charge in [-0.1, -0.05) is 152 Å². The number of carboxylic acid groups (broad SMARTS) is 1. The van der Waals surface area contributed by atoms with Crippen LogP contribution >= 0.6 is 11.8 Å². The first kappa shape index (κ1) is 85.7. The average Bonchev–Trinajstić information content (AvgIpc) is 0.757. The number of carboxylic acids is 1. The van der Waals surface area contributed by atoms with E-state index in [0.717, 1.165) is 16.7 Å². The highest BCUT2D eigenvalue weighted by Crippen LogP contribution is 2.49. The first-order chi connectivity index (χ1) is 49.3. The fraction of sp³-hybridized carbons (Fsp3) is 0.475. The predicted octanol–water partition coefficient (Wildman–Crippen LogP) is 9.95. The Morgan fingerprint density at radius 1 is 0.419 bits per heavy atom. The Morgan fingerprint density at radius 3 is 1.38 bits per heavy atom. The van der Waals surface area contributed by atoms with Gasteiger partial charge in [0.1, 0.15) is 34.5 Å². The van der Waals surface area contributed by atoms with E-state index in [0.29, 0.717) is 11.1 Å². The minimum Gasteiger partial charge on any atom is -0.481 e. The van der Waals surface area contributed by atoms with E-state index in [-0.39, 0.29) is 57.2 Å². The van der Waals surface area contributed by atoms with Crippen molar-refractivity contribution in [2.45, 2.75) is 212 Å². The number of urea groups is 1. The SMILES string of the molecule is C[C@H](CCC(=O)OC(C)(C)C)NC(=O)N[C@@H](CCC(=O)NCCC(=O)N[C@@H](Cc1ccccc1)C(=O)C[C@@H](Cc1ccccc1)C(=O)NC[C@H](NC(=O)OC(C)(C)C)C(=O)N[C@@H](CC(=O)OC(C)(C)C)C(=O)C[C@@H](CSC(c1ccccc1)(c1ccccc1)c1ccccc1)C(=O)O)C(=O)OC(C)(C)C. The van der Waals surface area contributed by atoms with E-state index in [1.807, 2.05) is 91.0 Å². The van der Waals surface area contributed by atoms with Crippen LogP contribution in [0.5, 0.6) is 0 Å². The zero-order chi connectivity index (χ0) is 77.7. The minimum atomic E-state index is -1.74. The van der Waals surface area contributed by atoms with Crippen molar-refractivity contribution in [3.05, 3.63) is 179 Å². The molecule has 0 aliphatic heterocycles. The highest BCUT2D eigenvalue weighted by atomic mass is 32.2. The smallest absolute Gasteiger partial charge is 0.408 e. The standard InChI is InChI=1S/C80H105N7O17S/c1-52(39-42-68(92)101-76(2,3)4)83-74(99)86-60(73(98)103-78(8,9)10)40-41-66(90)81-44-43-67(91)84-61(46-54-31-21-15-22-32-54)64(88)47-55(45-53-29-19-14-20-30-53)70(94)82-50-63(87-75(100)104-79(11,12)13)71(95)85-62(49-69(93)102-77(5,6)7)65(89)48-56(72(96)97)51-105-80(57-33-23-16-24-34-57,58-35-25-17-26-36-58)59-37-27-18-28-38-59/h14-38,52,55-56,60-63H,39-51H2,1-13H3,(H,81,90)(H,82,94)(H,84,91)(H,85,95)(H,87,100)(H,96,97)(H2,83,86,99)/t52-,55-,56+,60+,61+,62+,63+/m1/s1. The molecule has 25 heteroatoms. The van der Waals surface area contributed by atoms with Crippen molar-refractivity contribution in [1.29, 1.82) is 0 Å². The lowest BCUT2D eigenvalue weighted by atomic mass is 9.84. The number of rotatable bonds is 38. The summed E-state index contributed by atoms with van der Waals surface area (Å²) in [4.78, 5) is 166. The number of hydrogen-bond donors (Lipinski definition) is 8. The van der Waals surface area contributed by atoms with Crippen LogP contribution in [0, 0.1) is 11.8 Å². The molecule has 0 bridgehead atoms. The monoisotopic (exact) mass is 1470 g/mol. The van der Waals surface area contributed by atoms with Crippen LogP contribution in [-0.2, 0) is 84.5 Å². The van der Waals surface area contributed by atoms with Gasteiger partial charge in [0.2, 0.25) is 23.6 Å². The topological polar surface area (TPSA) is 346 Å². The molecule has 0 fully saturated rings. The molecule has 0 saturated carbocycles. The Bertz CT molecular complexity index is 3610. The second-order valence-electron chi connectivity index (χ2n) is 29.8. The first-order valence-electron chi connectivity index (χ1n) is 35.3. The Hall–Kier alpha value is -9.91. The van der Waals surface area contributed by atoms with Crippen molar-refractivity contribution in [2.24, 2.45) is 11.8 Å². The third kappa shape index (κ3) is 31.5. The van der Waals surface area contributed by atoms with Gasteiger partial charge in [0.25, 0.3) is 0 Å². The molecule has 5 aromatic carbocycles. The maximum atomic E-state index is 14.8. The number of Topliss-reactive ketones (excluding diaryl/α,β-unsaturated/α-hetero) is 2. The number of thioether (sulfide) groups is 1. The summed E-state index contributed by atoms with van der Waals surface area (Å²) in [7, 11) is 0. The molecule has 7 amide bonds. The number of aliphatic carboxylic acids is 1. The van der Waals surface area contributed by atoms with Gasteiger partial charge in [-0.3, -0.25) is 43.2 Å². The molecule has 5 rings (SSSR count). The maximum Gasteiger partial charge on any atom is 0.408 e. The lowest BCUT2D eigenvalue weighted by Gasteiger charge is -2.36. The molecule has 7 atom stereocenters. The van der Waals surface area contributed by atoms with E-state index in [1.165, 1.54) is 11.8 Å². The first-order valence-corrected chi connectivity index (χ1v) is 36.3. The van der Waals surface area contributed by atoms with Crippen LogP contribution < -0.4 is 37.2 Å². The number of benzene rings is 5. The van der Waals surface area contributed by atoms with E-state index < -0.39 is 166 Å². The summed E-state index contributed by atoms with van der Waals surface area (Å²) in [6.07, 6.45) is -3.57. The quantitative estimate of drug-likeness (QED) is 0.0103. The van der Waals surface area contributed by atoms with Gasteiger partial charge in [0.15, 0.2) is 11.6 Å². The van der Waals surface area contributed by atoms with E-state index in [4.69, 9.17) is 18.9 Å². The Labute approximate surface area is 620 Å². The third-order valence-electron chi connectivity index (χ3n) is 15.9. The molecule has 0 aliphatic carbocycles. The molecular formula is C80H105N7O17S. The number of nitrogens with one attached hydrogen (secondary N) is 7. The summed E-state index contributed by atoms with van der Waals surface area (Å²) >= 11 is 1.31. The van der Waals surface area contributed by atoms with Crippen molar-refractivity contribution in [3.63, 3.8) is 0 Å². The van der Waals surface area contributed by atoms with Crippen molar-refractivity contribution >= 4 is 83.0 Å². The van der Waals surface area contributed by atoms with Gasteiger partial charge in [0, 0.05) is 62.9 Å². The molecule has 0 spiro atoms. The molecule has 0 heterocycles. The zero-order valence-corrected chi connectivity index (χ0v) is 63.4. The Balaban J connectivity index is 1.35. The highest BCUT2D eigenvalue weighted by Gasteiger charge is 2.41. The van der Waals surface area contributed by atoms with Crippen LogP contribution in [0.1, 0.15) is 169 Å². The van der Waals surface area contributed by atoms with Crippen molar-refractivity contribution in [3.8, 4) is 0 Å². The fourth-order valence-electron chi connectivity index (χ4n) is 11.1. The number of hydrogen-bond acceptors (Lipinski definition) is 17. The van der Waals surface area contributed by atoms with Crippen LogP contribution in [-0.4, -0.2) is 148 Å². The fourth-order valence-corrected chi connectivity index (χ4v) is 12.7. The van der Waals surface area contributed by atoms with Gasteiger partial charge in [-0.05, 0) is 144 Å². The molecule has 0 radical (unpaired) electrons. The molecule has 0 aliphatic rings. The van der Waals surface area contributed by atoms with E-state index in [1.54, 1.807) is 151 Å². The van der Waals surface area contributed by atoms with E-state index >= 15 is 0 Å². The normalized spacial score (nSPS) is 13.8. The van der Waals surface area contributed by atoms with Crippen LogP contribution in [0.4, 0.5) is 9.59 Å². The van der Waals surface area contributed by atoms with Crippen LogP contribution in [0.3, 0.4) is 0 Å². The Kier molecular flexibility index (Phi) is 33.0. The molecular weight excluding hydrogens is 1360 g/mol. The second-order valence-corrected chi connectivity index (χ2v) is 31.1. The zero-order valence-electron chi connectivity index (χ0n) is 62.6. The molecule has 105 heavy (non-hydrogen) atoms. The molecule has 568 valence electrons. The largest absolute Gasteiger partial charge is 0.481 e. The van der Waals surface area contributed by atoms with Crippen LogP contribution in [0.2, 0.25) is 0 Å². The van der Waals surface area contributed by atoms with Crippen LogP contribution in [0.15, 0.2) is 152 Å². The van der Waals surface area contributed by atoms with Gasteiger partial charge in [-0.2, -0.15) is 0 Å². The Morgan fingerprint density at radius 2 is 0.886 bits per heavy atom. The number of esters is 3. The molecule has 0 unspecified atom stereocenters. The summed E-state index contributed by atoms with van der Waals surface area (Å²) < 4.78 is 21.1. The lowest BCUT2D eigenvalue weighted by Crippen LogP contribution is -2.57. The van der Waals surface area contributed by atoms with Gasteiger partial charge in [0.05, 0.1) is 29.2 Å². The predicted molar refractivity (Wildman–Crippen MR) is 399 cm³/mol. The van der Waals surface area contributed by atoms with Crippen molar-refractivity contribution in [2.75, 3.05) is 18.8 Å². The van der Waals surface area contributed by atoms with E-state index in [9.17, 15) is 62.6 Å². The molecule has 8 N–H and O–H groups in total. The van der Waals surface area contributed by atoms with Gasteiger partial charge < -0.3 is 61.3 Å². The summed E-state index contributed by atoms with van der Waals surface area (Å²) in [5, 5.41) is 29.4. The lowest BCUT2D eigenvalue weighted by molar-refractivity contribution is -0.158. The third-order valence-corrected chi connectivity index (χ3v) is 17.6. The molecule has 5 aromatic rings. The number of carbonyl (C=O) groups is 12. The molecule has 0 saturated heterocycles. The number of alkyl carbamates (subject to hydrolysis) is 1. The maximum absolute atomic E-state index is 14.8.